The highest BCUT2D eigenvalue weighted by molar-refractivity contribution is 9.09. The van der Waals surface area contributed by atoms with Gasteiger partial charge in [-0.3, -0.25) is 9.59 Å². The number of alkyl halides is 1. The number of amides is 2. The number of phenolic OH excluding ortho intramolecular Hbond substituents is 2. The second-order valence-electron chi connectivity index (χ2n) is 5.51. The van der Waals surface area contributed by atoms with Gasteiger partial charge in [-0.05, 0) is 17.7 Å². The Morgan fingerprint density at radius 1 is 1.12 bits per heavy atom. The highest BCUT2D eigenvalue weighted by Crippen LogP contribution is 2.29. The van der Waals surface area contributed by atoms with Crippen LogP contribution in [-0.4, -0.2) is 40.4 Å². The summed E-state index contributed by atoms with van der Waals surface area (Å²) < 4.78 is 0. The molecular formula is C18H19BrN2O4. The van der Waals surface area contributed by atoms with E-state index in [4.69, 9.17) is 0 Å². The molecule has 2 amide bonds. The summed E-state index contributed by atoms with van der Waals surface area (Å²) in [5, 5.41) is 21.8. The van der Waals surface area contributed by atoms with Crippen LogP contribution in [0.15, 0.2) is 48.5 Å². The third kappa shape index (κ3) is 4.96. The number of anilines is 1. The average Bonchev–Trinajstić information content (AvgIpc) is 2.63. The fourth-order valence-electron chi connectivity index (χ4n) is 2.36. The van der Waals surface area contributed by atoms with Crippen LogP contribution in [0.2, 0.25) is 0 Å². The Balaban J connectivity index is 2.23. The molecule has 2 rings (SSSR count). The van der Waals surface area contributed by atoms with Gasteiger partial charge < -0.3 is 20.4 Å². The van der Waals surface area contributed by atoms with E-state index in [0.29, 0.717) is 12.1 Å². The minimum Gasteiger partial charge on any atom is -0.504 e. The molecule has 0 aliphatic heterocycles. The van der Waals surface area contributed by atoms with Crippen molar-refractivity contribution in [3.8, 4) is 11.5 Å². The maximum Gasteiger partial charge on any atom is 0.249 e. The average molecular weight is 407 g/mol. The summed E-state index contributed by atoms with van der Waals surface area (Å²) in [6, 6.07) is 12.7. The van der Waals surface area contributed by atoms with Gasteiger partial charge in [0.2, 0.25) is 11.8 Å². The summed E-state index contributed by atoms with van der Waals surface area (Å²) in [5.41, 5.74) is 1.32. The molecule has 0 aliphatic rings. The molecule has 25 heavy (non-hydrogen) atoms. The topological polar surface area (TPSA) is 89.9 Å². The van der Waals surface area contributed by atoms with Gasteiger partial charge in [0.05, 0.1) is 5.33 Å². The van der Waals surface area contributed by atoms with Crippen LogP contribution >= 0.6 is 15.9 Å². The number of carbonyl (C=O) groups is 2. The summed E-state index contributed by atoms with van der Waals surface area (Å²) in [5.74, 6) is -1.21. The van der Waals surface area contributed by atoms with Gasteiger partial charge in [-0.1, -0.05) is 46.3 Å². The van der Waals surface area contributed by atoms with Gasteiger partial charge in [-0.15, -0.1) is 0 Å². The molecule has 1 atom stereocenters. The molecule has 0 heterocycles. The highest BCUT2D eigenvalue weighted by Gasteiger charge is 2.25. The fourth-order valence-corrected chi connectivity index (χ4v) is 2.53. The lowest BCUT2D eigenvalue weighted by atomic mass is 10.0. The normalized spacial score (nSPS) is 11.6. The van der Waals surface area contributed by atoms with Crippen LogP contribution in [0.3, 0.4) is 0 Å². The van der Waals surface area contributed by atoms with Crippen LogP contribution in [0.1, 0.15) is 5.56 Å². The number of aromatic hydroxyl groups is 2. The zero-order chi connectivity index (χ0) is 18.4. The fraction of sp³-hybridized carbons (Fsp3) is 0.222. The second kappa shape index (κ2) is 8.53. The molecule has 0 saturated heterocycles. The molecule has 0 aromatic heterocycles. The number of hydrogen-bond acceptors (Lipinski definition) is 4. The lowest BCUT2D eigenvalue weighted by Crippen LogP contribution is -2.49. The standard InChI is InChI=1S/C18H19BrN2O4/c1-21(13-7-8-15(22)16(23)10-13)18(25)14(20-17(24)11-19)9-12-5-3-2-4-6-12/h2-8,10,14,22-23H,9,11H2,1H3,(H,20,24). The summed E-state index contributed by atoms with van der Waals surface area (Å²) in [6.45, 7) is 0. The number of likely N-dealkylation sites (N-methyl/N-ethyl adjacent to an activating group) is 1. The van der Waals surface area contributed by atoms with Gasteiger partial charge in [0, 0.05) is 25.2 Å². The van der Waals surface area contributed by atoms with Gasteiger partial charge in [0.25, 0.3) is 0 Å². The first-order valence-electron chi connectivity index (χ1n) is 7.61. The van der Waals surface area contributed by atoms with Crippen molar-refractivity contribution in [2.75, 3.05) is 17.3 Å². The van der Waals surface area contributed by atoms with Crippen molar-refractivity contribution in [2.24, 2.45) is 0 Å². The van der Waals surface area contributed by atoms with Crippen molar-refractivity contribution in [1.82, 2.24) is 5.32 Å². The van der Waals surface area contributed by atoms with E-state index in [1.54, 1.807) is 7.05 Å². The van der Waals surface area contributed by atoms with E-state index in [9.17, 15) is 19.8 Å². The second-order valence-corrected chi connectivity index (χ2v) is 6.07. The number of halogens is 1. The number of nitrogens with one attached hydrogen (secondary N) is 1. The van der Waals surface area contributed by atoms with Crippen LogP contribution in [0.4, 0.5) is 5.69 Å². The molecule has 7 heteroatoms. The molecule has 0 fully saturated rings. The van der Waals surface area contributed by atoms with E-state index in [-0.39, 0.29) is 28.6 Å². The predicted molar refractivity (Wildman–Crippen MR) is 99.1 cm³/mol. The number of nitrogens with zero attached hydrogens (tertiary/aromatic N) is 1. The first kappa shape index (κ1) is 18.8. The number of carbonyl (C=O) groups excluding carboxylic acids is 2. The molecule has 0 bridgehead atoms. The van der Waals surface area contributed by atoms with Gasteiger partial charge in [0.1, 0.15) is 6.04 Å². The quantitative estimate of drug-likeness (QED) is 0.506. The lowest BCUT2D eigenvalue weighted by Gasteiger charge is -2.25. The SMILES string of the molecule is CN(C(=O)C(Cc1ccccc1)NC(=O)CBr)c1ccc(O)c(O)c1. The van der Waals surface area contributed by atoms with E-state index in [1.807, 2.05) is 30.3 Å². The lowest BCUT2D eigenvalue weighted by molar-refractivity contribution is -0.126. The molecule has 2 aromatic carbocycles. The Bertz CT molecular complexity index is 752. The summed E-state index contributed by atoms with van der Waals surface area (Å²) in [7, 11) is 1.55. The molecule has 132 valence electrons. The van der Waals surface area contributed by atoms with Crippen molar-refractivity contribution < 1.29 is 19.8 Å². The molecular weight excluding hydrogens is 388 g/mol. The van der Waals surface area contributed by atoms with Crippen LogP contribution in [0.5, 0.6) is 11.5 Å². The minimum absolute atomic E-state index is 0.0925. The van der Waals surface area contributed by atoms with Crippen LogP contribution in [-0.2, 0) is 16.0 Å². The third-order valence-electron chi connectivity index (χ3n) is 3.71. The summed E-state index contributed by atoms with van der Waals surface area (Å²) in [4.78, 5) is 26.0. The molecule has 0 aliphatic carbocycles. The number of rotatable bonds is 6. The van der Waals surface area contributed by atoms with E-state index < -0.39 is 6.04 Å². The molecule has 0 saturated carbocycles. The van der Waals surface area contributed by atoms with Crippen molar-refractivity contribution in [1.29, 1.82) is 0 Å². The summed E-state index contributed by atoms with van der Waals surface area (Å²) in [6.07, 6.45) is 0.340. The van der Waals surface area contributed by atoms with Crippen molar-refractivity contribution >= 4 is 33.4 Å². The van der Waals surface area contributed by atoms with E-state index in [1.165, 1.54) is 23.1 Å². The van der Waals surface area contributed by atoms with Gasteiger partial charge in [0.15, 0.2) is 11.5 Å². The largest absolute Gasteiger partial charge is 0.504 e. The first-order valence-corrected chi connectivity index (χ1v) is 8.73. The maximum absolute atomic E-state index is 12.8. The van der Waals surface area contributed by atoms with Crippen LogP contribution < -0.4 is 10.2 Å². The Morgan fingerprint density at radius 2 is 1.80 bits per heavy atom. The Kier molecular flexibility index (Phi) is 6.41. The number of hydrogen-bond donors (Lipinski definition) is 3. The van der Waals surface area contributed by atoms with Crippen molar-refractivity contribution in [2.45, 2.75) is 12.5 Å². The molecule has 2 aromatic rings. The van der Waals surface area contributed by atoms with Crippen LogP contribution in [0.25, 0.3) is 0 Å². The van der Waals surface area contributed by atoms with Crippen molar-refractivity contribution in [3.05, 3.63) is 54.1 Å². The van der Waals surface area contributed by atoms with E-state index >= 15 is 0 Å². The molecule has 1 unspecified atom stereocenters. The van der Waals surface area contributed by atoms with Gasteiger partial charge in [-0.25, -0.2) is 0 Å². The van der Waals surface area contributed by atoms with Gasteiger partial charge in [-0.2, -0.15) is 0 Å². The maximum atomic E-state index is 12.8. The third-order valence-corrected chi connectivity index (χ3v) is 4.22. The first-order chi connectivity index (χ1) is 11.9. The Labute approximate surface area is 154 Å². The molecule has 0 spiro atoms. The molecule has 6 nitrogen and oxygen atoms in total. The van der Waals surface area contributed by atoms with Gasteiger partial charge >= 0.3 is 0 Å². The minimum atomic E-state index is -0.756. The monoisotopic (exact) mass is 406 g/mol. The van der Waals surface area contributed by atoms with Crippen LogP contribution in [0, 0.1) is 0 Å². The zero-order valence-corrected chi connectivity index (χ0v) is 15.2. The highest BCUT2D eigenvalue weighted by atomic mass is 79.9. The molecule has 0 radical (unpaired) electrons. The predicted octanol–water partition coefficient (Wildman–Crippen LogP) is 2.18. The zero-order valence-electron chi connectivity index (χ0n) is 13.6. The van der Waals surface area contributed by atoms with E-state index in [0.717, 1.165) is 5.56 Å². The molecule has 3 N–H and O–H groups in total. The number of phenols is 2. The smallest absolute Gasteiger partial charge is 0.249 e. The van der Waals surface area contributed by atoms with Crippen molar-refractivity contribution in [3.63, 3.8) is 0 Å². The Hall–Kier alpha value is -2.54. The summed E-state index contributed by atoms with van der Waals surface area (Å²) >= 11 is 3.08. The van der Waals surface area contributed by atoms with E-state index in [2.05, 4.69) is 21.2 Å². The number of benzene rings is 2. The Morgan fingerprint density at radius 3 is 2.40 bits per heavy atom.